The van der Waals surface area contributed by atoms with Crippen LogP contribution in [-0.2, 0) is 10.1 Å². The van der Waals surface area contributed by atoms with Gasteiger partial charge in [-0.05, 0) is 47.5 Å². The number of fused-ring (bicyclic) bond motifs is 1. The van der Waals surface area contributed by atoms with Crippen LogP contribution in [-0.4, -0.2) is 18.1 Å². The van der Waals surface area contributed by atoms with Gasteiger partial charge in [-0.3, -0.25) is 4.55 Å². The zero-order chi connectivity index (χ0) is 11.9. The lowest BCUT2D eigenvalue weighted by molar-refractivity contribution is 0.476. The van der Waals surface area contributed by atoms with Gasteiger partial charge in [-0.15, -0.1) is 0 Å². The maximum absolute atomic E-state index is 11.0. The third kappa shape index (κ3) is 1.87. The smallest absolute Gasteiger partial charge is 0.294 e. The van der Waals surface area contributed by atoms with Gasteiger partial charge in [0.25, 0.3) is 10.1 Å². The Labute approximate surface area is 92.9 Å². The fourth-order valence-corrected chi connectivity index (χ4v) is 2.25. The summed E-state index contributed by atoms with van der Waals surface area (Å²) in [4.78, 5) is -0.136. The molecule has 0 amide bonds. The van der Waals surface area contributed by atoms with Crippen LogP contribution in [0, 0.1) is 6.92 Å². The monoisotopic (exact) mass is 238 g/mol. The highest BCUT2D eigenvalue weighted by Gasteiger charge is 2.11. The molecule has 0 aliphatic heterocycles. The van der Waals surface area contributed by atoms with Crippen LogP contribution in [0.1, 0.15) is 5.56 Å². The maximum Gasteiger partial charge on any atom is 0.294 e. The number of benzene rings is 2. The summed E-state index contributed by atoms with van der Waals surface area (Å²) in [5.41, 5.74) is 0.682. The number of hydrogen-bond acceptors (Lipinski definition) is 3. The standard InChI is InChI=1S/C11H10O4S/c1-7-4-10(16(13,14)15)5-8-2-3-9(12)6-11(7)8/h2-6,12H,1H3,(H,13,14,15). The van der Waals surface area contributed by atoms with Gasteiger partial charge in [-0.25, -0.2) is 0 Å². The number of phenolic OH excluding ortho intramolecular Hbond substituents is 1. The number of aromatic hydroxyl groups is 1. The second kappa shape index (κ2) is 3.47. The van der Waals surface area contributed by atoms with E-state index in [9.17, 15) is 13.5 Å². The molecular weight excluding hydrogens is 228 g/mol. The predicted octanol–water partition coefficient (Wildman–Crippen LogP) is 2.10. The molecule has 0 fully saturated rings. The van der Waals surface area contributed by atoms with Gasteiger partial charge in [0.05, 0.1) is 4.90 Å². The summed E-state index contributed by atoms with van der Waals surface area (Å²) in [6.45, 7) is 1.72. The summed E-state index contributed by atoms with van der Waals surface area (Å²) in [6, 6.07) is 7.37. The van der Waals surface area contributed by atoms with Crippen LogP contribution in [0.15, 0.2) is 35.2 Å². The van der Waals surface area contributed by atoms with Crippen LogP contribution in [0.4, 0.5) is 0 Å². The van der Waals surface area contributed by atoms with Crippen LogP contribution < -0.4 is 0 Å². The molecule has 0 bridgehead atoms. The molecule has 2 N–H and O–H groups in total. The van der Waals surface area contributed by atoms with Crippen molar-refractivity contribution in [3.05, 3.63) is 35.9 Å². The molecule has 0 spiro atoms. The van der Waals surface area contributed by atoms with Crippen molar-refractivity contribution in [3.8, 4) is 5.75 Å². The summed E-state index contributed by atoms with van der Waals surface area (Å²) in [7, 11) is -4.19. The van der Waals surface area contributed by atoms with Crippen LogP contribution in [0.3, 0.4) is 0 Å². The highest BCUT2D eigenvalue weighted by Crippen LogP contribution is 2.26. The normalized spacial score (nSPS) is 11.9. The SMILES string of the molecule is Cc1cc(S(=O)(=O)O)cc2ccc(O)cc12. The molecule has 0 atom stereocenters. The maximum atomic E-state index is 11.0. The van der Waals surface area contributed by atoms with Crippen LogP contribution >= 0.6 is 0 Å². The van der Waals surface area contributed by atoms with Crippen molar-refractivity contribution < 1.29 is 18.1 Å². The van der Waals surface area contributed by atoms with Crippen molar-refractivity contribution in [1.82, 2.24) is 0 Å². The van der Waals surface area contributed by atoms with Crippen molar-refractivity contribution in [1.29, 1.82) is 0 Å². The van der Waals surface area contributed by atoms with Gasteiger partial charge in [0.2, 0.25) is 0 Å². The largest absolute Gasteiger partial charge is 0.508 e. The molecule has 0 aliphatic carbocycles. The average Bonchev–Trinajstić information content (AvgIpc) is 2.17. The summed E-state index contributed by atoms with van der Waals surface area (Å²) >= 11 is 0. The van der Waals surface area contributed by atoms with Gasteiger partial charge >= 0.3 is 0 Å². The number of rotatable bonds is 1. The minimum Gasteiger partial charge on any atom is -0.508 e. The van der Waals surface area contributed by atoms with E-state index >= 15 is 0 Å². The zero-order valence-electron chi connectivity index (χ0n) is 8.51. The number of hydrogen-bond donors (Lipinski definition) is 2. The Balaban J connectivity index is 2.84. The van der Waals surface area contributed by atoms with E-state index in [1.54, 1.807) is 19.1 Å². The van der Waals surface area contributed by atoms with Gasteiger partial charge in [0.1, 0.15) is 5.75 Å². The van der Waals surface area contributed by atoms with Gasteiger partial charge in [-0.2, -0.15) is 8.42 Å². The Kier molecular flexibility index (Phi) is 2.36. The first kappa shape index (κ1) is 10.9. The third-order valence-corrected chi connectivity index (χ3v) is 3.25. The fraction of sp³-hybridized carbons (Fsp3) is 0.0909. The van der Waals surface area contributed by atoms with Crippen molar-refractivity contribution in [2.24, 2.45) is 0 Å². The Bertz CT molecular complexity index is 659. The lowest BCUT2D eigenvalue weighted by Gasteiger charge is -2.05. The minimum absolute atomic E-state index is 0.121. The van der Waals surface area contributed by atoms with Crippen LogP contribution in [0.2, 0.25) is 0 Å². The van der Waals surface area contributed by atoms with E-state index < -0.39 is 10.1 Å². The zero-order valence-corrected chi connectivity index (χ0v) is 9.32. The van der Waals surface area contributed by atoms with Crippen molar-refractivity contribution in [2.75, 3.05) is 0 Å². The Morgan fingerprint density at radius 1 is 1.12 bits per heavy atom. The average molecular weight is 238 g/mol. The summed E-state index contributed by atoms with van der Waals surface area (Å²) in [5.74, 6) is 0.121. The molecular formula is C11H10O4S. The fourth-order valence-electron chi connectivity index (χ4n) is 1.65. The molecule has 0 saturated carbocycles. The van der Waals surface area contributed by atoms with E-state index in [1.807, 2.05) is 0 Å². The molecule has 2 aromatic rings. The molecule has 0 heterocycles. The molecule has 0 unspecified atom stereocenters. The first-order chi connectivity index (χ1) is 7.38. The van der Waals surface area contributed by atoms with E-state index in [4.69, 9.17) is 4.55 Å². The van der Waals surface area contributed by atoms with Crippen molar-refractivity contribution in [3.63, 3.8) is 0 Å². The molecule has 0 saturated heterocycles. The lowest BCUT2D eigenvalue weighted by Crippen LogP contribution is -1.98. The summed E-state index contributed by atoms with van der Waals surface area (Å²) in [6.07, 6.45) is 0. The van der Waals surface area contributed by atoms with Gasteiger partial charge in [0, 0.05) is 0 Å². The van der Waals surface area contributed by atoms with Crippen molar-refractivity contribution in [2.45, 2.75) is 11.8 Å². The highest BCUT2D eigenvalue weighted by molar-refractivity contribution is 7.85. The molecule has 84 valence electrons. The Hall–Kier alpha value is -1.59. The lowest BCUT2D eigenvalue weighted by atomic mass is 10.1. The Morgan fingerprint density at radius 3 is 2.44 bits per heavy atom. The molecule has 0 aliphatic rings. The molecule has 5 heteroatoms. The predicted molar refractivity (Wildman–Crippen MR) is 60.2 cm³/mol. The summed E-state index contributed by atoms with van der Waals surface area (Å²) < 4.78 is 31.0. The molecule has 2 aromatic carbocycles. The molecule has 4 nitrogen and oxygen atoms in total. The summed E-state index contributed by atoms with van der Waals surface area (Å²) in [5, 5.41) is 10.7. The highest BCUT2D eigenvalue weighted by atomic mass is 32.2. The van der Waals surface area contributed by atoms with E-state index in [1.165, 1.54) is 18.2 Å². The number of phenols is 1. The molecule has 0 radical (unpaired) electrons. The number of aryl methyl sites for hydroxylation is 1. The van der Waals surface area contributed by atoms with E-state index in [0.717, 1.165) is 5.39 Å². The van der Waals surface area contributed by atoms with E-state index in [0.29, 0.717) is 10.9 Å². The first-order valence-electron chi connectivity index (χ1n) is 4.59. The first-order valence-corrected chi connectivity index (χ1v) is 6.03. The molecule has 2 rings (SSSR count). The van der Waals surface area contributed by atoms with Crippen molar-refractivity contribution >= 4 is 20.9 Å². The van der Waals surface area contributed by atoms with Gasteiger partial charge in [-0.1, -0.05) is 6.07 Å². The second-order valence-electron chi connectivity index (χ2n) is 3.62. The molecule has 0 aromatic heterocycles. The topological polar surface area (TPSA) is 74.6 Å². The minimum atomic E-state index is -4.19. The van der Waals surface area contributed by atoms with Gasteiger partial charge < -0.3 is 5.11 Å². The quantitative estimate of drug-likeness (QED) is 0.746. The van der Waals surface area contributed by atoms with Crippen LogP contribution in [0.25, 0.3) is 10.8 Å². The van der Waals surface area contributed by atoms with E-state index in [2.05, 4.69) is 0 Å². The van der Waals surface area contributed by atoms with Gasteiger partial charge in [0.15, 0.2) is 0 Å². The second-order valence-corrected chi connectivity index (χ2v) is 5.04. The van der Waals surface area contributed by atoms with Crippen LogP contribution in [0.5, 0.6) is 5.75 Å². The van der Waals surface area contributed by atoms with E-state index in [-0.39, 0.29) is 10.6 Å². The molecule has 16 heavy (non-hydrogen) atoms. The Morgan fingerprint density at radius 2 is 1.81 bits per heavy atom. The third-order valence-electron chi connectivity index (χ3n) is 2.42.